The predicted molar refractivity (Wildman–Crippen MR) is 94.4 cm³/mol. The summed E-state index contributed by atoms with van der Waals surface area (Å²) in [5, 5.41) is 0. The monoisotopic (exact) mass is 366 g/mol. The van der Waals surface area contributed by atoms with Gasteiger partial charge in [0.25, 0.3) is 0 Å². The third-order valence-corrected chi connectivity index (χ3v) is 6.46. The molecular formula is C18H39BrS. The topological polar surface area (TPSA) is 0 Å². The van der Waals surface area contributed by atoms with Crippen molar-refractivity contribution in [2.24, 2.45) is 0 Å². The van der Waals surface area contributed by atoms with Gasteiger partial charge < -0.3 is 17.0 Å². The van der Waals surface area contributed by atoms with Gasteiger partial charge in [-0.1, -0.05) is 59.3 Å². The Morgan fingerprint density at radius 1 is 0.450 bits per heavy atom. The van der Waals surface area contributed by atoms with E-state index in [0.717, 1.165) is 10.9 Å². The second-order valence-electron chi connectivity index (χ2n) is 5.91. The second kappa shape index (κ2) is 19.8. The smallest absolute Gasteiger partial charge is 0.108 e. The van der Waals surface area contributed by atoms with Gasteiger partial charge in [-0.05, 0) is 49.4 Å². The Bertz CT molecular complexity index is 133. The van der Waals surface area contributed by atoms with E-state index in [4.69, 9.17) is 0 Å². The predicted octanol–water partition coefficient (Wildman–Crippen LogP) is 3.35. The van der Waals surface area contributed by atoms with Crippen LogP contribution in [0.3, 0.4) is 0 Å². The fourth-order valence-corrected chi connectivity index (χ4v) is 4.95. The molecule has 0 saturated carbocycles. The third kappa shape index (κ3) is 16.9. The van der Waals surface area contributed by atoms with Crippen LogP contribution in [-0.4, -0.2) is 17.3 Å². The minimum Gasteiger partial charge on any atom is -1.00 e. The van der Waals surface area contributed by atoms with E-state index in [1.165, 1.54) is 94.3 Å². The quantitative estimate of drug-likeness (QED) is 0.308. The van der Waals surface area contributed by atoms with E-state index in [1.54, 1.807) is 0 Å². The molecule has 0 radical (unpaired) electrons. The Balaban J connectivity index is 0. The molecule has 124 valence electrons. The average molecular weight is 367 g/mol. The highest BCUT2D eigenvalue weighted by atomic mass is 79.9. The third-order valence-electron chi connectivity index (χ3n) is 3.86. The zero-order valence-electron chi connectivity index (χ0n) is 14.4. The molecule has 0 aliphatic heterocycles. The molecular weight excluding hydrogens is 328 g/mol. The normalized spacial score (nSPS) is 10.8. The highest BCUT2D eigenvalue weighted by Gasteiger charge is 2.16. The molecule has 0 fully saturated rings. The maximum absolute atomic E-state index is 2.31. The molecule has 0 nitrogen and oxygen atoms in total. The number of halogens is 1. The Hall–Kier alpha value is 0.830. The van der Waals surface area contributed by atoms with E-state index in [9.17, 15) is 0 Å². The molecule has 2 heteroatoms. The van der Waals surface area contributed by atoms with Crippen LogP contribution in [0.5, 0.6) is 0 Å². The number of hydrogen-bond acceptors (Lipinski definition) is 0. The minimum atomic E-state index is 0. The Labute approximate surface area is 143 Å². The summed E-state index contributed by atoms with van der Waals surface area (Å²) in [5.74, 6) is 4.62. The number of rotatable bonds is 15. The zero-order chi connectivity index (χ0) is 14.2. The van der Waals surface area contributed by atoms with E-state index in [2.05, 4.69) is 20.8 Å². The maximum Gasteiger partial charge on any atom is 0.108 e. The molecule has 0 saturated heterocycles. The molecule has 0 N–H and O–H groups in total. The van der Waals surface area contributed by atoms with Crippen molar-refractivity contribution in [1.29, 1.82) is 0 Å². The lowest BCUT2D eigenvalue weighted by molar-refractivity contribution is -0.00000435. The van der Waals surface area contributed by atoms with Crippen molar-refractivity contribution < 1.29 is 17.0 Å². The van der Waals surface area contributed by atoms with Gasteiger partial charge in [-0.2, -0.15) is 0 Å². The van der Waals surface area contributed by atoms with Gasteiger partial charge in [0.05, 0.1) is 0 Å². The molecule has 0 aromatic carbocycles. The zero-order valence-corrected chi connectivity index (χ0v) is 16.8. The lowest BCUT2D eigenvalue weighted by Gasteiger charge is -2.09. The van der Waals surface area contributed by atoms with Gasteiger partial charge in [-0.25, -0.2) is 0 Å². The Kier molecular flexibility index (Phi) is 22.9. The average Bonchev–Trinajstić information content (AvgIpc) is 2.43. The van der Waals surface area contributed by atoms with Crippen LogP contribution in [0.4, 0.5) is 0 Å². The van der Waals surface area contributed by atoms with Crippen molar-refractivity contribution in [2.75, 3.05) is 17.3 Å². The summed E-state index contributed by atoms with van der Waals surface area (Å²) in [4.78, 5) is 0. The highest BCUT2D eigenvalue weighted by Crippen LogP contribution is 2.12. The van der Waals surface area contributed by atoms with Crippen molar-refractivity contribution >= 4 is 10.9 Å². The van der Waals surface area contributed by atoms with Crippen molar-refractivity contribution in [3.63, 3.8) is 0 Å². The summed E-state index contributed by atoms with van der Waals surface area (Å²) < 4.78 is 0. The summed E-state index contributed by atoms with van der Waals surface area (Å²) in [5.41, 5.74) is 0. The molecule has 0 unspecified atom stereocenters. The first-order chi connectivity index (χ1) is 9.35. The van der Waals surface area contributed by atoms with Crippen molar-refractivity contribution in [1.82, 2.24) is 0 Å². The number of hydrogen-bond donors (Lipinski definition) is 0. The first-order valence-electron chi connectivity index (χ1n) is 8.99. The molecule has 0 spiro atoms. The Morgan fingerprint density at radius 3 is 1.00 bits per heavy atom. The summed E-state index contributed by atoms with van der Waals surface area (Å²) in [6.45, 7) is 6.94. The van der Waals surface area contributed by atoms with Crippen molar-refractivity contribution in [3.05, 3.63) is 0 Å². The van der Waals surface area contributed by atoms with Gasteiger partial charge in [0.15, 0.2) is 0 Å². The van der Waals surface area contributed by atoms with E-state index in [-0.39, 0.29) is 17.0 Å². The van der Waals surface area contributed by atoms with Crippen LogP contribution in [0, 0.1) is 0 Å². The van der Waals surface area contributed by atoms with Gasteiger partial charge in [0.1, 0.15) is 17.3 Å². The lowest BCUT2D eigenvalue weighted by Crippen LogP contribution is -3.00. The molecule has 0 bridgehead atoms. The van der Waals surface area contributed by atoms with Gasteiger partial charge in [0.2, 0.25) is 0 Å². The molecule has 0 aliphatic rings. The molecule has 0 aromatic rings. The summed E-state index contributed by atoms with van der Waals surface area (Å²) in [6, 6.07) is 0. The molecule has 0 atom stereocenters. The van der Waals surface area contributed by atoms with Crippen LogP contribution in [0.25, 0.3) is 0 Å². The van der Waals surface area contributed by atoms with Crippen molar-refractivity contribution in [2.45, 2.75) is 97.8 Å². The molecule has 20 heavy (non-hydrogen) atoms. The first kappa shape index (κ1) is 23.1. The minimum absolute atomic E-state index is 0. The molecule has 0 aromatic heterocycles. The van der Waals surface area contributed by atoms with Crippen LogP contribution in [0.15, 0.2) is 0 Å². The van der Waals surface area contributed by atoms with Crippen LogP contribution in [0.2, 0.25) is 0 Å². The SMILES string of the molecule is CCCCCC[S+](CCCCCC)CCCCCC.[Br-]. The van der Waals surface area contributed by atoms with E-state index in [0.29, 0.717) is 0 Å². The fourth-order valence-electron chi connectivity index (χ4n) is 2.51. The van der Waals surface area contributed by atoms with Gasteiger partial charge in [-0.15, -0.1) is 0 Å². The van der Waals surface area contributed by atoms with E-state index >= 15 is 0 Å². The van der Waals surface area contributed by atoms with Gasteiger partial charge in [-0.3, -0.25) is 0 Å². The first-order valence-corrected chi connectivity index (χ1v) is 10.7. The fraction of sp³-hybridized carbons (Fsp3) is 1.00. The van der Waals surface area contributed by atoms with Crippen LogP contribution >= 0.6 is 0 Å². The van der Waals surface area contributed by atoms with E-state index in [1.807, 2.05) is 0 Å². The van der Waals surface area contributed by atoms with Gasteiger partial charge >= 0.3 is 0 Å². The lowest BCUT2D eigenvalue weighted by atomic mass is 10.2. The maximum atomic E-state index is 2.31. The molecule has 0 rings (SSSR count). The number of unbranched alkanes of at least 4 members (excludes halogenated alkanes) is 9. The molecule has 0 heterocycles. The summed E-state index contributed by atoms with van der Waals surface area (Å²) >= 11 is 0. The van der Waals surface area contributed by atoms with Crippen LogP contribution < -0.4 is 17.0 Å². The molecule has 0 amide bonds. The summed E-state index contributed by atoms with van der Waals surface area (Å²) in [6.07, 6.45) is 17.4. The molecule has 0 aliphatic carbocycles. The van der Waals surface area contributed by atoms with Crippen LogP contribution in [0.1, 0.15) is 97.8 Å². The highest BCUT2D eigenvalue weighted by molar-refractivity contribution is 7.96. The second-order valence-corrected chi connectivity index (χ2v) is 8.36. The largest absolute Gasteiger partial charge is 1.00 e. The van der Waals surface area contributed by atoms with Crippen molar-refractivity contribution in [3.8, 4) is 0 Å². The van der Waals surface area contributed by atoms with Gasteiger partial charge in [0, 0.05) is 0 Å². The van der Waals surface area contributed by atoms with Crippen LogP contribution in [-0.2, 0) is 10.9 Å². The standard InChI is InChI=1S/C18H39S.BrH/c1-4-7-10-13-16-19(17-14-11-8-5-2)18-15-12-9-6-3;/h4-18H2,1-3H3;1H/q+1;/p-1. The van der Waals surface area contributed by atoms with E-state index < -0.39 is 0 Å². The summed E-state index contributed by atoms with van der Waals surface area (Å²) in [7, 11) is 0.765. The Morgan fingerprint density at radius 2 is 0.750 bits per heavy atom.